The van der Waals surface area contributed by atoms with Crippen LogP contribution in [0.2, 0.25) is 5.02 Å². The van der Waals surface area contributed by atoms with Gasteiger partial charge in [-0.25, -0.2) is 5.43 Å². The second kappa shape index (κ2) is 7.47. The lowest BCUT2D eigenvalue weighted by molar-refractivity contribution is -0.143. The topological polar surface area (TPSA) is 61.7 Å². The number of nitrogens with zero attached hydrogens (tertiary/aromatic N) is 1. The van der Waals surface area contributed by atoms with Crippen LogP contribution in [-0.2, 0) is 12.4 Å². The number of hydrazone groups is 1. The maximum Gasteiger partial charge on any atom is 0.416 e. The van der Waals surface area contributed by atoms with Gasteiger partial charge in [0.2, 0.25) is 0 Å². The Labute approximate surface area is 153 Å². The molecule has 0 aromatic heterocycles. The number of carbonyl (C=O) groups excluding carboxylic acids is 1. The molecule has 2 rings (SSSR count). The van der Waals surface area contributed by atoms with Gasteiger partial charge in [-0.2, -0.15) is 31.4 Å². The number of amides is 1. The number of benzene rings is 2. The minimum atomic E-state index is -5.08. The molecule has 0 atom stereocenters. The number of alkyl halides is 6. The molecule has 0 bridgehead atoms. The Bertz CT molecular complexity index is 861. The molecule has 0 aliphatic carbocycles. The lowest BCUT2D eigenvalue weighted by atomic mass is 10.0. The van der Waals surface area contributed by atoms with Gasteiger partial charge in [0.1, 0.15) is 5.75 Å². The maximum atomic E-state index is 12.8. The van der Waals surface area contributed by atoms with E-state index < -0.39 is 35.0 Å². The fraction of sp³-hybridized carbons (Fsp3) is 0.125. The molecule has 0 radical (unpaired) electrons. The fourth-order valence-corrected chi connectivity index (χ4v) is 2.12. The van der Waals surface area contributed by atoms with Gasteiger partial charge in [-0.05, 0) is 36.4 Å². The highest BCUT2D eigenvalue weighted by Crippen LogP contribution is 2.36. The number of hydrogen-bond acceptors (Lipinski definition) is 3. The first kappa shape index (κ1) is 20.6. The smallest absolute Gasteiger partial charge is 0.416 e. The molecule has 0 heterocycles. The van der Waals surface area contributed by atoms with Crippen LogP contribution in [0.5, 0.6) is 5.75 Å². The van der Waals surface area contributed by atoms with Crippen LogP contribution in [0, 0.1) is 0 Å². The quantitative estimate of drug-likeness (QED) is 0.432. The number of phenolic OH excluding ortho intramolecular Hbond substituents is 1. The first-order valence-electron chi connectivity index (χ1n) is 6.99. The van der Waals surface area contributed by atoms with E-state index in [4.69, 9.17) is 11.6 Å². The van der Waals surface area contributed by atoms with Crippen molar-refractivity contribution in [2.75, 3.05) is 0 Å². The molecule has 1 amide bonds. The summed E-state index contributed by atoms with van der Waals surface area (Å²) < 4.78 is 76.7. The van der Waals surface area contributed by atoms with Crippen molar-refractivity contribution in [3.8, 4) is 5.75 Å². The van der Waals surface area contributed by atoms with Crippen LogP contribution in [-0.4, -0.2) is 17.2 Å². The number of aromatic hydroxyl groups is 1. The summed E-state index contributed by atoms with van der Waals surface area (Å²) in [5.74, 6) is -1.56. The summed E-state index contributed by atoms with van der Waals surface area (Å²) in [4.78, 5) is 11.9. The Hall–Kier alpha value is -2.75. The lowest BCUT2D eigenvalue weighted by Gasteiger charge is -2.13. The number of rotatable bonds is 3. The molecule has 27 heavy (non-hydrogen) atoms. The third kappa shape index (κ3) is 5.36. The molecule has 0 saturated heterocycles. The molecule has 2 aromatic rings. The van der Waals surface area contributed by atoms with Gasteiger partial charge in [0, 0.05) is 16.1 Å². The van der Waals surface area contributed by atoms with Crippen LogP contribution in [0.3, 0.4) is 0 Å². The summed E-state index contributed by atoms with van der Waals surface area (Å²) in [6, 6.07) is 4.33. The molecule has 11 heteroatoms. The van der Waals surface area contributed by atoms with Gasteiger partial charge in [0.25, 0.3) is 5.91 Å². The van der Waals surface area contributed by atoms with Gasteiger partial charge in [0.15, 0.2) is 0 Å². The Balaban J connectivity index is 2.30. The number of halogens is 7. The van der Waals surface area contributed by atoms with Crippen LogP contribution in [0.4, 0.5) is 26.3 Å². The van der Waals surface area contributed by atoms with E-state index in [9.17, 15) is 36.2 Å². The van der Waals surface area contributed by atoms with Crippen molar-refractivity contribution in [1.82, 2.24) is 5.43 Å². The molecular formula is C16H9ClF6N2O2. The summed E-state index contributed by atoms with van der Waals surface area (Å²) >= 11 is 5.70. The van der Waals surface area contributed by atoms with Gasteiger partial charge in [0.05, 0.1) is 17.3 Å². The van der Waals surface area contributed by atoms with E-state index in [1.165, 1.54) is 18.2 Å². The summed E-state index contributed by atoms with van der Waals surface area (Å²) in [7, 11) is 0. The Morgan fingerprint density at radius 1 is 1.00 bits per heavy atom. The monoisotopic (exact) mass is 410 g/mol. The van der Waals surface area contributed by atoms with E-state index in [1.54, 1.807) is 5.43 Å². The fourth-order valence-electron chi connectivity index (χ4n) is 1.94. The van der Waals surface area contributed by atoms with Crippen LogP contribution >= 0.6 is 11.6 Å². The zero-order chi connectivity index (χ0) is 20.4. The highest BCUT2D eigenvalue weighted by atomic mass is 35.5. The minimum absolute atomic E-state index is 0.0721. The van der Waals surface area contributed by atoms with Crippen molar-refractivity contribution in [2.24, 2.45) is 5.10 Å². The molecular weight excluding hydrogens is 402 g/mol. The van der Waals surface area contributed by atoms with Crippen molar-refractivity contribution >= 4 is 23.7 Å². The summed E-state index contributed by atoms with van der Waals surface area (Å²) in [5.41, 5.74) is -2.27. The van der Waals surface area contributed by atoms with E-state index >= 15 is 0 Å². The van der Waals surface area contributed by atoms with E-state index in [1.807, 2.05) is 0 Å². The van der Waals surface area contributed by atoms with Gasteiger partial charge < -0.3 is 5.11 Å². The second-order valence-electron chi connectivity index (χ2n) is 5.20. The van der Waals surface area contributed by atoms with E-state index in [-0.39, 0.29) is 34.5 Å². The molecule has 144 valence electrons. The third-order valence-corrected chi connectivity index (χ3v) is 3.44. The number of nitrogens with one attached hydrogen (secondary N) is 1. The average Bonchev–Trinajstić information content (AvgIpc) is 2.56. The zero-order valence-corrected chi connectivity index (χ0v) is 13.7. The highest BCUT2D eigenvalue weighted by Gasteiger charge is 2.37. The van der Waals surface area contributed by atoms with Crippen LogP contribution in [0.25, 0.3) is 0 Å². The average molecular weight is 411 g/mol. The van der Waals surface area contributed by atoms with Crippen molar-refractivity contribution in [3.05, 3.63) is 63.7 Å². The normalized spacial score (nSPS) is 12.4. The predicted molar refractivity (Wildman–Crippen MR) is 84.6 cm³/mol. The number of carbonyl (C=O) groups is 1. The molecule has 2 N–H and O–H groups in total. The molecule has 4 nitrogen and oxygen atoms in total. The largest absolute Gasteiger partial charge is 0.507 e. The lowest BCUT2D eigenvalue weighted by Crippen LogP contribution is -2.20. The van der Waals surface area contributed by atoms with Gasteiger partial charge in [-0.1, -0.05) is 11.6 Å². The van der Waals surface area contributed by atoms with E-state index in [0.29, 0.717) is 0 Å². The number of hydrogen-bond donors (Lipinski definition) is 2. The molecule has 0 fully saturated rings. The molecule has 0 saturated carbocycles. The predicted octanol–water partition coefficient (Wildman–Crippen LogP) is 4.85. The van der Waals surface area contributed by atoms with Crippen molar-refractivity contribution in [1.29, 1.82) is 0 Å². The van der Waals surface area contributed by atoms with E-state index in [0.717, 1.165) is 6.21 Å². The molecule has 0 spiro atoms. The van der Waals surface area contributed by atoms with Crippen molar-refractivity contribution in [3.63, 3.8) is 0 Å². The Kier molecular flexibility index (Phi) is 5.69. The Morgan fingerprint density at radius 2 is 1.56 bits per heavy atom. The molecule has 0 unspecified atom stereocenters. The standard InChI is InChI=1S/C16H9ClF6N2O2/c17-12-1-2-13(26)9(5-12)7-24-25-14(27)8-3-10(15(18,19)20)6-11(4-8)16(21,22)23/h1-7,26H,(H,25,27)/b24-7+. The summed E-state index contributed by atoms with van der Waals surface area (Å²) in [6.45, 7) is 0. The zero-order valence-electron chi connectivity index (χ0n) is 13.0. The van der Waals surface area contributed by atoms with Gasteiger partial charge >= 0.3 is 12.4 Å². The summed E-state index contributed by atoms with van der Waals surface area (Å²) in [6.07, 6.45) is -9.23. The molecule has 0 aliphatic heterocycles. The summed E-state index contributed by atoms with van der Waals surface area (Å²) in [5, 5.41) is 13.2. The van der Waals surface area contributed by atoms with Crippen molar-refractivity contribution in [2.45, 2.75) is 12.4 Å². The Morgan fingerprint density at radius 3 is 2.07 bits per heavy atom. The van der Waals surface area contributed by atoms with Crippen LogP contribution < -0.4 is 5.43 Å². The minimum Gasteiger partial charge on any atom is -0.507 e. The molecule has 2 aromatic carbocycles. The first-order valence-corrected chi connectivity index (χ1v) is 7.37. The second-order valence-corrected chi connectivity index (χ2v) is 5.63. The first-order chi connectivity index (χ1) is 12.4. The number of phenols is 1. The highest BCUT2D eigenvalue weighted by molar-refractivity contribution is 6.30. The maximum absolute atomic E-state index is 12.8. The van der Waals surface area contributed by atoms with Crippen molar-refractivity contribution < 1.29 is 36.2 Å². The third-order valence-electron chi connectivity index (χ3n) is 3.21. The van der Waals surface area contributed by atoms with Gasteiger partial charge in [-0.3, -0.25) is 4.79 Å². The SMILES string of the molecule is O=C(N/N=C/c1cc(Cl)ccc1O)c1cc(C(F)(F)F)cc(C(F)(F)F)c1. The van der Waals surface area contributed by atoms with Crippen LogP contribution in [0.1, 0.15) is 27.0 Å². The van der Waals surface area contributed by atoms with Crippen LogP contribution in [0.15, 0.2) is 41.5 Å². The molecule has 0 aliphatic rings. The van der Waals surface area contributed by atoms with E-state index in [2.05, 4.69) is 5.10 Å². The van der Waals surface area contributed by atoms with Gasteiger partial charge in [-0.15, -0.1) is 0 Å².